The van der Waals surface area contributed by atoms with Crippen LogP contribution in [0, 0.1) is 5.92 Å². The van der Waals surface area contributed by atoms with E-state index in [1.54, 1.807) is 29.2 Å². The SMILES string of the molecule is COc1ccc(NC(=O)[C@@H]2CCCN(C(=O)c3ccco3)C2)cc1NS(C)(=O)=O. The smallest absolute Gasteiger partial charge is 0.289 e. The highest BCUT2D eigenvalue weighted by Gasteiger charge is 2.30. The summed E-state index contributed by atoms with van der Waals surface area (Å²) < 4.78 is 35.8. The number of carbonyl (C=O) groups is 2. The molecule has 2 aromatic rings. The highest BCUT2D eigenvalue weighted by Crippen LogP contribution is 2.29. The van der Waals surface area contributed by atoms with E-state index in [-0.39, 0.29) is 35.7 Å². The predicted octanol–water partition coefficient (Wildman–Crippen LogP) is 2.15. The molecule has 1 saturated heterocycles. The van der Waals surface area contributed by atoms with Crippen LogP contribution in [-0.2, 0) is 14.8 Å². The number of hydrogen-bond donors (Lipinski definition) is 2. The Morgan fingerprint density at radius 3 is 2.72 bits per heavy atom. The first kappa shape index (κ1) is 20.7. The quantitative estimate of drug-likeness (QED) is 0.738. The van der Waals surface area contributed by atoms with E-state index in [0.717, 1.165) is 6.26 Å². The van der Waals surface area contributed by atoms with E-state index in [1.165, 1.54) is 19.4 Å². The number of likely N-dealkylation sites (tertiary alicyclic amines) is 1. The molecule has 1 aromatic carbocycles. The molecule has 1 atom stereocenters. The van der Waals surface area contributed by atoms with Gasteiger partial charge < -0.3 is 19.4 Å². The van der Waals surface area contributed by atoms with Crippen LogP contribution in [-0.4, -0.2) is 51.6 Å². The van der Waals surface area contributed by atoms with Gasteiger partial charge in [-0.05, 0) is 43.2 Å². The number of carbonyl (C=O) groups excluding carboxylic acids is 2. The van der Waals surface area contributed by atoms with Crippen molar-refractivity contribution >= 4 is 33.2 Å². The van der Waals surface area contributed by atoms with E-state index in [2.05, 4.69) is 10.0 Å². The van der Waals surface area contributed by atoms with Crippen molar-refractivity contribution in [2.24, 2.45) is 5.92 Å². The lowest BCUT2D eigenvalue weighted by Gasteiger charge is -2.31. The fraction of sp³-hybridized carbons (Fsp3) is 0.368. The Morgan fingerprint density at radius 1 is 1.28 bits per heavy atom. The molecule has 0 unspecified atom stereocenters. The Morgan fingerprint density at radius 2 is 2.07 bits per heavy atom. The molecule has 0 radical (unpaired) electrons. The summed E-state index contributed by atoms with van der Waals surface area (Å²) in [6, 6.07) is 7.93. The minimum Gasteiger partial charge on any atom is -0.495 e. The molecule has 29 heavy (non-hydrogen) atoms. The number of ether oxygens (including phenoxy) is 1. The third-order valence-corrected chi connectivity index (χ3v) is 5.16. The Bertz CT molecular complexity index is 987. The van der Waals surface area contributed by atoms with Crippen LogP contribution in [0.5, 0.6) is 5.75 Å². The van der Waals surface area contributed by atoms with Crippen molar-refractivity contribution in [1.82, 2.24) is 4.90 Å². The van der Waals surface area contributed by atoms with Crippen LogP contribution in [0.3, 0.4) is 0 Å². The van der Waals surface area contributed by atoms with Crippen LogP contribution in [0.2, 0.25) is 0 Å². The zero-order chi connectivity index (χ0) is 21.0. The summed E-state index contributed by atoms with van der Waals surface area (Å²) in [4.78, 5) is 26.8. The predicted molar refractivity (Wildman–Crippen MR) is 107 cm³/mol. The number of benzene rings is 1. The maximum absolute atomic E-state index is 12.7. The lowest BCUT2D eigenvalue weighted by Crippen LogP contribution is -2.43. The Labute approximate surface area is 169 Å². The molecule has 1 aromatic heterocycles. The number of rotatable bonds is 6. The minimum absolute atomic E-state index is 0.228. The van der Waals surface area contributed by atoms with E-state index in [9.17, 15) is 18.0 Å². The number of furan rings is 1. The summed E-state index contributed by atoms with van der Waals surface area (Å²) in [6.07, 6.45) is 3.82. The van der Waals surface area contributed by atoms with Gasteiger partial charge in [0.2, 0.25) is 15.9 Å². The molecule has 2 amide bonds. The number of methoxy groups -OCH3 is 1. The van der Waals surface area contributed by atoms with Crippen molar-refractivity contribution in [2.45, 2.75) is 12.8 Å². The fourth-order valence-electron chi connectivity index (χ4n) is 3.24. The van der Waals surface area contributed by atoms with Gasteiger partial charge in [-0.2, -0.15) is 0 Å². The first-order valence-corrected chi connectivity index (χ1v) is 11.0. The first-order chi connectivity index (χ1) is 13.8. The summed E-state index contributed by atoms with van der Waals surface area (Å²) in [5, 5.41) is 2.79. The third-order valence-electron chi connectivity index (χ3n) is 4.57. The molecular formula is C19H23N3O6S. The second kappa shape index (κ2) is 8.56. The normalized spacial score (nSPS) is 16.9. The van der Waals surface area contributed by atoms with Gasteiger partial charge in [0.25, 0.3) is 5.91 Å². The summed E-state index contributed by atoms with van der Waals surface area (Å²) >= 11 is 0. The maximum Gasteiger partial charge on any atom is 0.289 e. The van der Waals surface area contributed by atoms with Crippen molar-refractivity contribution in [2.75, 3.05) is 36.5 Å². The number of hydrogen-bond acceptors (Lipinski definition) is 6. The number of anilines is 2. The molecule has 1 aliphatic heterocycles. The van der Waals surface area contributed by atoms with Gasteiger partial charge in [-0.15, -0.1) is 0 Å². The van der Waals surface area contributed by atoms with E-state index < -0.39 is 10.0 Å². The Hall–Kier alpha value is -3.01. The van der Waals surface area contributed by atoms with Crippen LogP contribution in [0.1, 0.15) is 23.4 Å². The van der Waals surface area contributed by atoms with Gasteiger partial charge in [0.05, 0.1) is 31.2 Å². The first-order valence-electron chi connectivity index (χ1n) is 9.06. The average Bonchev–Trinajstić information content (AvgIpc) is 3.21. The fourth-order valence-corrected chi connectivity index (χ4v) is 3.80. The van der Waals surface area contributed by atoms with Gasteiger partial charge in [0, 0.05) is 18.8 Å². The van der Waals surface area contributed by atoms with Crippen molar-refractivity contribution in [1.29, 1.82) is 0 Å². The van der Waals surface area contributed by atoms with Crippen molar-refractivity contribution < 1.29 is 27.2 Å². The molecule has 1 fully saturated rings. The zero-order valence-corrected chi connectivity index (χ0v) is 17.0. The largest absolute Gasteiger partial charge is 0.495 e. The lowest BCUT2D eigenvalue weighted by molar-refractivity contribution is -0.121. The summed E-state index contributed by atoms with van der Waals surface area (Å²) in [7, 11) is -2.09. The van der Waals surface area contributed by atoms with E-state index in [4.69, 9.17) is 9.15 Å². The number of amides is 2. The molecule has 10 heteroatoms. The molecule has 156 valence electrons. The maximum atomic E-state index is 12.7. The van der Waals surface area contributed by atoms with Gasteiger partial charge in [0.15, 0.2) is 5.76 Å². The standard InChI is InChI=1S/C19H23N3O6S/c1-27-16-8-7-14(11-15(16)21-29(2,25)26)20-18(23)13-5-3-9-22(12-13)19(24)17-6-4-10-28-17/h4,6-8,10-11,13,21H,3,5,9,12H2,1-2H3,(H,20,23)/t13-/m1/s1. The van der Waals surface area contributed by atoms with Gasteiger partial charge in [0.1, 0.15) is 5.75 Å². The second-order valence-electron chi connectivity index (χ2n) is 6.85. The Balaban J connectivity index is 1.69. The number of sulfonamides is 1. The molecule has 0 saturated carbocycles. The highest BCUT2D eigenvalue weighted by atomic mass is 32.2. The molecule has 2 heterocycles. The molecular weight excluding hydrogens is 398 g/mol. The van der Waals surface area contributed by atoms with Crippen LogP contribution in [0.25, 0.3) is 0 Å². The summed E-state index contributed by atoms with van der Waals surface area (Å²) in [5.74, 6) is -0.274. The van der Waals surface area contributed by atoms with Gasteiger partial charge in [-0.25, -0.2) is 8.42 Å². The monoisotopic (exact) mass is 421 g/mol. The van der Waals surface area contributed by atoms with Gasteiger partial charge in [-0.3, -0.25) is 14.3 Å². The summed E-state index contributed by atoms with van der Waals surface area (Å²) in [5.41, 5.74) is 0.655. The molecule has 3 rings (SSSR count). The van der Waals surface area contributed by atoms with Crippen LogP contribution >= 0.6 is 0 Å². The highest BCUT2D eigenvalue weighted by molar-refractivity contribution is 7.92. The van der Waals surface area contributed by atoms with Crippen LogP contribution in [0.4, 0.5) is 11.4 Å². The summed E-state index contributed by atoms with van der Waals surface area (Å²) in [6.45, 7) is 0.851. The third kappa shape index (κ3) is 5.29. The van der Waals surface area contributed by atoms with E-state index in [1.807, 2.05) is 0 Å². The molecule has 1 aliphatic rings. The van der Waals surface area contributed by atoms with Crippen molar-refractivity contribution in [3.05, 3.63) is 42.4 Å². The molecule has 0 aliphatic carbocycles. The number of nitrogens with zero attached hydrogens (tertiary/aromatic N) is 1. The van der Waals surface area contributed by atoms with E-state index in [0.29, 0.717) is 30.8 Å². The second-order valence-corrected chi connectivity index (χ2v) is 8.59. The average molecular weight is 421 g/mol. The van der Waals surface area contributed by atoms with Crippen molar-refractivity contribution in [3.8, 4) is 5.75 Å². The molecule has 9 nitrogen and oxygen atoms in total. The number of nitrogens with one attached hydrogen (secondary N) is 2. The molecule has 2 N–H and O–H groups in total. The topological polar surface area (TPSA) is 118 Å². The van der Waals surface area contributed by atoms with Crippen LogP contribution in [0.15, 0.2) is 41.0 Å². The van der Waals surface area contributed by atoms with E-state index >= 15 is 0 Å². The van der Waals surface area contributed by atoms with Crippen molar-refractivity contribution in [3.63, 3.8) is 0 Å². The zero-order valence-electron chi connectivity index (χ0n) is 16.2. The minimum atomic E-state index is -3.51. The lowest BCUT2D eigenvalue weighted by atomic mass is 9.96. The molecule has 0 spiro atoms. The number of piperidine rings is 1. The molecule has 0 bridgehead atoms. The van der Waals surface area contributed by atoms with Crippen LogP contribution < -0.4 is 14.8 Å². The van der Waals surface area contributed by atoms with Gasteiger partial charge in [-0.1, -0.05) is 0 Å². The Kier molecular flexibility index (Phi) is 6.12. The van der Waals surface area contributed by atoms with Gasteiger partial charge >= 0.3 is 0 Å².